The molecule has 1 aliphatic carbocycles. The van der Waals surface area contributed by atoms with Crippen LogP contribution in [0.4, 0.5) is 0 Å². The molecule has 0 bridgehead atoms. The van der Waals surface area contributed by atoms with Crippen molar-refractivity contribution in [2.45, 2.75) is 44.2 Å². The summed E-state index contributed by atoms with van der Waals surface area (Å²) in [7, 11) is 0. The van der Waals surface area contributed by atoms with E-state index in [1.807, 2.05) is 48.9 Å². The molecule has 2 fully saturated rings. The van der Waals surface area contributed by atoms with Gasteiger partial charge in [0.25, 0.3) is 0 Å². The van der Waals surface area contributed by atoms with Crippen molar-refractivity contribution < 1.29 is 4.79 Å². The number of likely N-dealkylation sites (tertiary alicyclic amines) is 1. The lowest BCUT2D eigenvalue weighted by molar-refractivity contribution is -0.129. The molecule has 128 valence electrons. The Bertz CT molecular complexity index is 787. The molecule has 24 heavy (non-hydrogen) atoms. The predicted molar refractivity (Wildman–Crippen MR) is 97.4 cm³/mol. The van der Waals surface area contributed by atoms with Crippen LogP contribution >= 0.6 is 11.6 Å². The van der Waals surface area contributed by atoms with E-state index in [1.165, 1.54) is 19.5 Å². The van der Waals surface area contributed by atoms with Gasteiger partial charge in [0.05, 0.1) is 16.1 Å². The van der Waals surface area contributed by atoms with Crippen molar-refractivity contribution in [1.82, 2.24) is 14.8 Å². The number of halogens is 1. The molecule has 1 aliphatic heterocycles. The third-order valence-electron chi connectivity index (χ3n) is 5.53. The minimum atomic E-state index is -0.683. The predicted octanol–water partition coefficient (Wildman–Crippen LogP) is 3.38. The summed E-state index contributed by atoms with van der Waals surface area (Å²) in [6.45, 7) is 7.25. The molecule has 4 rings (SSSR count). The van der Waals surface area contributed by atoms with Crippen LogP contribution in [0.1, 0.15) is 33.1 Å². The van der Waals surface area contributed by atoms with Crippen molar-refractivity contribution in [3.05, 3.63) is 35.5 Å². The van der Waals surface area contributed by atoms with Gasteiger partial charge in [-0.25, -0.2) is 0 Å². The Morgan fingerprint density at radius 3 is 2.67 bits per heavy atom. The average Bonchev–Trinajstić information content (AvgIpc) is 3.09. The largest absolute Gasteiger partial charge is 0.347 e. The van der Waals surface area contributed by atoms with Gasteiger partial charge < -0.3 is 14.8 Å². The maximum atomic E-state index is 13.1. The van der Waals surface area contributed by atoms with E-state index in [0.717, 1.165) is 30.3 Å². The highest BCUT2D eigenvalue weighted by Crippen LogP contribution is 2.38. The van der Waals surface area contributed by atoms with E-state index >= 15 is 0 Å². The third kappa shape index (κ3) is 2.62. The summed E-state index contributed by atoms with van der Waals surface area (Å²) < 4.78 is 2.00. The first-order valence-electron chi connectivity index (χ1n) is 8.72. The summed E-state index contributed by atoms with van der Waals surface area (Å²) in [6, 6.07) is 7.86. The van der Waals surface area contributed by atoms with Crippen molar-refractivity contribution in [3.8, 4) is 0 Å². The van der Waals surface area contributed by atoms with Crippen LogP contribution in [-0.2, 0) is 10.3 Å². The fraction of sp³-hybridized carbons (Fsp3) is 0.526. The maximum Gasteiger partial charge on any atom is 0.246 e. The van der Waals surface area contributed by atoms with Gasteiger partial charge in [-0.1, -0.05) is 23.7 Å². The number of hydrogen-bond donors (Lipinski definition) is 1. The zero-order chi connectivity index (χ0) is 16.9. The number of carbonyl (C=O) groups is 1. The molecule has 2 aromatic rings. The van der Waals surface area contributed by atoms with Crippen LogP contribution in [0, 0.1) is 0 Å². The molecule has 1 aromatic heterocycles. The summed E-state index contributed by atoms with van der Waals surface area (Å²) in [5, 5.41) is 5.08. The number of benzene rings is 1. The van der Waals surface area contributed by atoms with E-state index in [4.69, 9.17) is 11.6 Å². The molecule has 2 heterocycles. The Labute approximate surface area is 147 Å². The number of carbonyl (C=O) groups excluding carboxylic acids is 1. The first kappa shape index (κ1) is 16.0. The van der Waals surface area contributed by atoms with E-state index < -0.39 is 5.54 Å². The first-order chi connectivity index (χ1) is 11.4. The molecule has 2 aliphatic rings. The SMILES string of the molecule is CC(C)(C(=O)NC1(CN2CCC2)CC1)n1ccc2cccc(Cl)c21. The Kier molecular flexibility index (Phi) is 3.66. The zero-order valence-corrected chi connectivity index (χ0v) is 15.1. The van der Waals surface area contributed by atoms with Crippen molar-refractivity contribution >= 4 is 28.4 Å². The van der Waals surface area contributed by atoms with Crippen molar-refractivity contribution in [2.75, 3.05) is 19.6 Å². The highest BCUT2D eigenvalue weighted by molar-refractivity contribution is 6.35. The van der Waals surface area contributed by atoms with Gasteiger partial charge in [0.1, 0.15) is 5.54 Å². The molecule has 1 aromatic carbocycles. The van der Waals surface area contributed by atoms with Gasteiger partial charge in [0.15, 0.2) is 0 Å². The average molecular weight is 346 g/mol. The standard InChI is InChI=1S/C19H24ClN3O/c1-18(2,23-12-7-14-5-3-6-15(20)16(14)23)17(24)21-19(8-9-19)13-22-10-4-11-22/h3,5-7,12H,4,8-11,13H2,1-2H3,(H,21,24). The van der Waals surface area contributed by atoms with Gasteiger partial charge >= 0.3 is 0 Å². The second-order valence-electron chi connectivity index (χ2n) is 7.79. The summed E-state index contributed by atoms with van der Waals surface area (Å²) in [6.07, 6.45) is 5.41. The number of nitrogens with zero attached hydrogens (tertiary/aromatic N) is 2. The molecule has 4 nitrogen and oxygen atoms in total. The molecular weight excluding hydrogens is 322 g/mol. The summed E-state index contributed by atoms with van der Waals surface area (Å²) in [5.41, 5.74) is 0.227. The number of hydrogen-bond acceptors (Lipinski definition) is 2. The minimum Gasteiger partial charge on any atom is -0.347 e. The molecule has 1 saturated carbocycles. The summed E-state index contributed by atoms with van der Waals surface area (Å²) in [4.78, 5) is 15.5. The van der Waals surface area contributed by atoms with Crippen LogP contribution in [0.2, 0.25) is 5.02 Å². The fourth-order valence-corrected chi connectivity index (χ4v) is 3.83. The molecule has 1 amide bonds. The topological polar surface area (TPSA) is 37.3 Å². The number of aromatic nitrogens is 1. The van der Waals surface area contributed by atoms with E-state index in [9.17, 15) is 4.79 Å². The van der Waals surface area contributed by atoms with Crippen LogP contribution in [0.5, 0.6) is 0 Å². The lowest BCUT2D eigenvalue weighted by Crippen LogP contribution is -2.54. The molecule has 1 N–H and O–H groups in total. The number of fused-ring (bicyclic) bond motifs is 1. The molecule has 5 heteroatoms. The van der Waals surface area contributed by atoms with Gasteiger partial charge in [-0.2, -0.15) is 0 Å². The quantitative estimate of drug-likeness (QED) is 0.902. The smallest absolute Gasteiger partial charge is 0.246 e. The Balaban J connectivity index is 1.58. The molecule has 0 unspecified atom stereocenters. The van der Waals surface area contributed by atoms with Crippen LogP contribution < -0.4 is 5.32 Å². The second-order valence-corrected chi connectivity index (χ2v) is 8.19. The second kappa shape index (κ2) is 5.50. The lowest BCUT2D eigenvalue weighted by atomic mass is 10.0. The normalized spacial score (nSPS) is 20.0. The molecule has 0 spiro atoms. The number of amides is 1. The Morgan fingerprint density at radius 1 is 1.29 bits per heavy atom. The Morgan fingerprint density at radius 2 is 2.04 bits per heavy atom. The molecule has 0 atom stereocenters. The minimum absolute atomic E-state index is 0.0124. The highest BCUT2D eigenvalue weighted by Gasteiger charge is 2.48. The monoisotopic (exact) mass is 345 g/mol. The van der Waals surface area contributed by atoms with E-state index in [2.05, 4.69) is 10.2 Å². The number of rotatable bonds is 5. The van der Waals surface area contributed by atoms with Gasteiger partial charge in [0, 0.05) is 18.1 Å². The van der Waals surface area contributed by atoms with Crippen LogP contribution in [0.15, 0.2) is 30.5 Å². The maximum absolute atomic E-state index is 13.1. The van der Waals surface area contributed by atoms with Crippen LogP contribution in [0.25, 0.3) is 10.9 Å². The van der Waals surface area contributed by atoms with Gasteiger partial charge in [0.2, 0.25) is 5.91 Å². The lowest BCUT2D eigenvalue weighted by Gasteiger charge is -2.36. The van der Waals surface area contributed by atoms with Crippen molar-refractivity contribution in [2.24, 2.45) is 0 Å². The number of nitrogens with one attached hydrogen (secondary N) is 1. The first-order valence-corrected chi connectivity index (χ1v) is 9.10. The zero-order valence-electron chi connectivity index (χ0n) is 14.3. The van der Waals surface area contributed by atoms with Gasteiger partial charge in [-0.15, -0.1) is 0 Å². The third-order valence-corrected chi connectivity index (χ3v) is 5.83. The summed E-state index contributed by atoms with van der Waals surface area (Å²) in [5.74, 6) is 0.0675. The van der Waals surface area contributed by atoms with Crippen molar-refractivity contribution in [1.29, 1.82) is 0 Å². The van der Waals surface area contributed by atoms with Crippen LogP contribution in [0.3, 0.4) is 0 Å². The fourth-order valence-electron chi connectivity index (χ4n) is 3.56. The van der Waals surface area contributed by atoms with Gasteiger partial charge in [-0.3, -0.25) is 4.79 Å². The highest BCUT2D eigenvalue weighted by atomic mass is 35.5. The molecule has 0 radical (unpaired) electrons. The van der Waals surface area contributed by atoms with E-state index in [0.29, 0.717) is 5.02 Å². The van der Waals surface area contributed by atoms with Gasteiger partial charge in [-0.05, 0) is 58.3 Å². The van der Waals surface area contributed by atoms with Crippen molar-refractivity contribution in [3.63, 3.8) is 0 Å². The Hall–Kier alpha value is -1.52. The van der Waals surface area contributed by atoms with E-state index in [-0.39, 0.29) is 11.4 Å². The van der Waals surface area contributed by atoms with E-state index in [1.54, 1.807) is 0 Å². The molecular formula is C19H24ClN3O. The number of para-hydroxylation sites is 1. The molecule has 1 saturated heterocycles. The van der Waals surface area contributed by atoms with Crippen LogP contribution in [-0.4, -0.2) is 40.5 Å². The summed E-state index contributed by atoms with van der Waals surface area (Å²) >= 11 is 6.40.